The summed E-state index contributed by atoms with van der Waals surface area (Å²) in [5.41, 5.74) is 8.68. The monoisotopic (exact) mass is 321 g/mol. The Kier molecular flexibility index (Phi) is 5.78. The summed E-state index contributed by atoms with van der Waals surface area (Å²) in [7, 11) is 0. The molecule has 1 atom stereocenters. The van der Waals surface area contributed by atoms with Crippen molar-refractivity contribution in [2.24, 2.45) is 5.73 Å². The fourth-order valence-corrected chi connectivity index (χ4v) is 3.09. The van der Waals surface area contributed by atoms with Gasteiger partial charge in [-0.15, -0.1) is 11.3 Å². The van der Waals surface area contributed by atoms with Gasteiger partial charge in [-0.25, -0.2) is 4.98 Å². The molecule has 0 aliphatic heterocycles. The van der Waals surface area contributed by atoms with E-state index in [1.54, 1.807) is 23.1 Å². The second-order valence-corrected chi connectivity index (χ2v) is 6.59. The molecule has 0 radical (unpaired) electrons. The Balaban J connectivity index is 1.97. The van der Waals surface area contributed by atoms with Crippen LogP contribution in [0.1, 0.15) is 12.1 Å². The lowest BCUT2D eigenvalue weighted by Gasteiger charge is -2.11. The fraction of sp³-hybridized carbons (Fsp3) is 0.333. The highest BCUT2D eigenvalue weighted by atomic mass is 32.2. The Morgan fingerprint density at radius 1 is 1.43 bits per heavy atom. The highest BCUT2D eigenvalue weighted by Gasteiger charge is 2.13. The molecule has 1 aromatic heterocycles. The van der Waals surface area contributed by atoms with Crippen molar-refractivity contribution in [3.63, 3.8) is 0 Å². The molecular weight excluding hydrogens is 302 g/mol. The van der Waals surface area contributed by atoms with Gasteiger partial charge in [-0.05, 0) is 49.6 Å². The Hall–Kier alpha value is -1.37. The Bertz CT molecular complexity index is 595. The summed E-state index contributed by atoms with van der Waals surface area (Å²) < 4.78 is 0. The number of benzene rings is 1. The predicted octanol–water partition coefficient (Wildman–Crippen LogP) is 3.14. The van der Waals surface area contributed by atoms with Crippen molar-refractivity contribution < 1.29 is 4.79 Å². The number of hydrogen-bond acceptors (Lipinski definition) is 5. The molecule has 1 amide bonds. The van der Waals surface area contributed by atoms with Crippen LogP contribution in [0.5, 0.6) is 0 Å². The summed E-state index contributed by atoms with van der Waals surface area (Å²) in [5.74, 6) is 0.749. The Morgan fingerprint density at radius 3 is 2.71 bits per heavy atom. The lowest BCUT2D eigenvalue weighted by molar-refractivity contribution is -0.117. The zero-order valence-electron chi connectivity index (χ0n) is 12.1. The van der Waals surface area contributed by atoms with Crippen molar-refractivity contribution in [2.75, 3.05) is 17.3 Å². The summed E-state index contributed by atoms with van der Waals surface area (Å²) in [6.07, 6.45) is 2.69. The van der Waals surface area contributed by atoms with Crippen molar-refractivity contribution in [1.29, 1.82) is 0 Å². The smallest absolute Gasteiger partial charge is 0.241 e. The summed E-state index contributed by atoms with van der Waals surface area (Å²) >= 11 is 3.31. The van der Waals surface area contributed by atoms with E-state index in [9.17, 15) is 4.79 Å². The number of carbonyl (C=O) groups is 1. The molecule has 0 aliphatic carbocycles. The number of thiazole rings is 1. The first-order valence-electron chi connectivity index (χ1n) is 6.68. The Morgan fingerprint density at radius 2 is 2.14 bits per heavy atom. The average Bonchev–Trinajstić information content (AvgIpc) is 2.92. The van der Waals surface area contributed by atoms with Gasteiger partial charge in [0.05, 0.1) is 6.04 Å². The van der Waals surface area contributed by atoms with Gasteiger partial charge in [0.25, 0.3) is 0 Å². The van der Waals surface area contributed by atoms with Gasteiger partial charge in [0.15, 0.2) is 0 Å². The van der Waals surface area contributed by atoms with Gasteiger partial charge in [0, 0.05) is 22.3 Å². The molecule has 1 aromatic carbocycles. The SMILES string of the molecule is CSCC[C@H](N)C(=O)Nc1ccc(-c2nc(C)cs2)cc1. The van der Waals surface area contributed by atoms with E-state index in [1.807, 2.05) is 42.8 Å². The van der Waals surface area contributed by atoms with E-state index in [2.05, 4.69) is 10.3 Å². The first kappa shape index (κ1) is 16.0. The van der Waals surface area contributed by atoms with E-state index < -0.39 is 6.04 Å². The van der Waals surface area contributed by atoms with Gasteiger partial charge in [0.2, 0.25) is 5.91 Å². The van der Waals surface area contributed by atoms with Crippen LogP contribution in [-0.2, 0) is 4.79 Å². The van der Waals surface area contributed by atoms with Crippen LogP contribution in [0.15, 0.2) is 29.6 Å². The van der Waals surface area contributed by atoms with Gasteiger partial charge in [-0.1, -0.05) is 0 Å². The molecule has 0 saturated carbocycles. The van der Waals surface area contributed by atoms with Crippen LogP contribution in [0.2, 0.25) is 0 Å². The maximum Gasteiger partial charge on any atom is 0.241 e. The van der Waals surface area contributed by atoms with Gasteiger partial charge in [0.1, 0.15) is 5.01 Å². The normalized spacial score (nSPS) is 12.1. The number of anilines is 1. The van der Waals surface area contributed by atoms with Gasteiger partial charge in [-0.2, -0.15) is 11.8 Å². The van der Waals surface area contributed by atoms with Crippen LogP contribution in [-0.4, -0.2) is 28.9 Å². The van der Waals surface area contributed by atoms with Crippen molar-refractivity contribution >= 4 is 34.7 Å². The average molecular weight is 321 g/mol. The lowest BCUT2D eigenvalue weighted by Crippen LogP contribution is -2.36. The van der Waals surface area contributed by atoms with E-state index in [0.717, 1.165) is 27.7 Å². The van der Waals surface area contributed by atoms with E-state index in [4.69, 9.17) is 5.73 Å². The number of aromatic nitrogens is 1. The highest BCUT2D eigenvalue weighted by Crippen LogP contribution is 2.24. The summed E-state index contributed by atoms with van der Waals surface area (Å²) in [5, 5.41) is 5.86. The molecule has 1 heterocycles. The zero-order chi connectivity index (χ0) is 15.2. The number of nitrogens with one attached hydrogen (secondary N) is 1. The van der Waals surface area contributed by atoms with Crippen LogP contribution in [0, 0.1) is 6.92 Å². The van der Waals surface area contributed by atoms with Crippen LogP contribution < -0.4 is 11.1 Å². The molecule has 21 heavy (non-hydrogen) atoms. The fourth-order valence-electron chi connectivity index (χ4n) is 1.79. The summed E-state index contributed by atoms with van der Waals surface area (Å²) in [6.45, 7) is 1.98. The number of rotatable bonds is 6. The minimum Gasteiger partial charge on any atom is -0.325 e. The molecule has 4 nitrogen and oxygen atoms in total. The summed E-state index contributed by atoms with van der Waals surface area (Å²) in [4.78, 5) is 16.4. The number of aryl methyl sites for hydroxylation is 1. The minimum atomic E-state index is -0.460. The van der Waals surface area contributed by atoms with E-state index in [1.165, 1.54) is 0 Å². The largest absolute Gasteiger partial charge is 0.325 e. The van der Waals surface area contributed by atoms with E-state index in [0.29, 0.717) is 6.42 Å². The number of hydrogen-bond donors (Lipinski definition) is 2. The van der Waals surface area contributed by atoms with Crippen molar-refractivity contribution in [1.82, 2.24) is 4.98 Å². The molecule has 3 N–H and O–H groups in total. The highest BCUT2D eigenvalue weighted by molar-refractivity contribution is 7.98. The second-order valence-electron chi connectivity index (χ2n) is 4.75. The predicted molar refractivity (Wildman–Crippen MR) is 91.9 cm³/mol. The molecule has 0 fully saturated rings. The van der Waals surface area contributed by atoms with Crippen LogP contribution >= 0.6 is 23.1 Å². The lowest BCUT2D eigenvalue weighted by atomic mass is 10.2. The van der Waals surface area contributed by atoms with E-state index >= 15 is 0 Å². The van der Waals surface area contributed by atoms with E-state index in [-0.39, 0.29) is 5.91 Å². The molecule has 2 rings (SSSR count). The third kappa shape index (κ3) is 4.56. The standard InChI is InChI=1S/C15H19N3OS2/c1-10-9-21-15(17-10)11-3-5-12(6-4-11)18-14(19)13(16)7-8-20-2/h3-6,9,13H,7-8,16H2,1-2H3,(H,18,19)/t13-/m0/s1. The first-order valence-corrected chi connectivity index (χ1v) is 8.95. The van der Waals surface area contributed by atoms with Crippen LogP contribution in [0.4, 0.5) is 5.69 Å². The molecule has 0 spiro atoms. The molecule has 0 saturated heterocycles. The zero-order valence-corrected chi connectivity index (χ0v) is 13.8. The molecule has 112 valence electrons. The third-order valence-corrected chi connectivity index (χ3v) is 4.64. The Labute approximate surface area is 133 Å². The molecule has 0 bridgehead atoms. The summed E-state index contributed by atoms with van der Waals surface area (Å²) in [6, 6.07) is 7.22. The van der Waals surface area contributed by atoms with Gasteiger partial charge in [-0.3, -0.25) is 4.79 Å². The molecule has 6 heteroatoms. The number of amides is 1. The molecular formula is C15H19N3OS2. The minimum absolute atomic E-state index is 0.137. The second kappa shape index (κ2) is 7.59. The first-order chi connectivity index (χ1) is 10.1. The number of nitrogens with two attached hydrogens (primary N) is 1. The topological polar surface area (TPSA) is 68.0 Å². The molecule has 0 aliphatic rings. The van der Waals surface area contributed by atoms with Crippen LogP contribution in [0.3, 0.4) is 0 Å². The van der Waals surface area contributed by atoms with Gasteiger partial charge >= 0.3 is 0 Å². The third-order valence-electron chi connectivity index (χ3n) is 2.99. The van der Waals surface area contributed by atoms with Crippen molar-refractivity contribution in [3.05, 3.63) is 35.3 Å². The molecule has 2 aromatic rings. The van der Waals surface area contributed by atoms with Crippen molar-refractivity contribution in [3.8, 4) is 10.6 Å². The quantitative estimate of drug-likeness (QED) is 0.857. The maximum atomic E-state index is 11.9. The van der Waals surface area contributed by atoms with Crippen LogP contribution in [0.25, 0.3) is 10.6 Å². The van der Waals surface area contributed by atoms with Crippen molar-refractivity contribution in [2.45, 2.75) is 19.4 Å². The molecule has 0 unspecified atom stereocenters. The maximum absolute atomic E-state index is 11.9. The number of carbonyl (C=O) groups excluding carboxylic acids is 1. The van der Waals surface area contributed by atoms with Gasteiger partial charge < -0.3 is 11.1 Å². The number of thioether (sulfide) groups is 1. The number of nitrogens with zero attached hydrogens (tertiary/aromatic N) is 1.